The van der Waals surface area contributed by atoms with Crippen LogP contribution in [0.1, 0.15) is 29.8 Å². The Morgan fingerprint density at radius 2 is 1.52 bits per heavy atom. The van der Waals surface area contributed by atoms with Gasteiger partial charge in [0.15, 0.2) is 12.2 Å². The minimum atomic E-state index is -1.02. The van der Waals surface area contributed by atoms with Crippen molar-refractivity contribution in [3.63, 3.8) is 0 Å². The molecule has 0 fully saturated rings. The van der Waals surface area contributed by atoms with Gasteiger partial charge in [0.25, 0.3) is 5.91 Å². The molecule has 2 rings (SSSR count). The van der Waals surface area contributed by atoms with Crippen LogP contribution in [0.2, 0.25) is 0 Å². The second-order valence-corrected chi connectivity index (χ2v) is 6.08. The van der Waals surface area contributed by atoms with E-state index in [1.165, 1.54) is 31.2 Å². The Labute approximate surface area is 157 Å². The van der Waals surface area contributed by atoms with Crippen LogP contribution in [0.5, 0.6) is 5.75 Å². The molecule has 3 N–H and O–H groups in total. The lowest BCUT2D eigenvalue weighted by Gasteiger charge is -2.18. The van der Waals surface area contributed by atoms with Crippen molar-refractivity contribution in [2.75, 3.05) is 5.32 Å². The molecule has 0 aliphatic heterocycles. The quantitative estimate of drug-likeness (QED) is 0.728. The second-order valence-electron chi connectivity index (χ2n) is 6.08. The van der Waals surface area contributed by atoms with Gasteiger partial charge in [0.1, 0.15) is 5.75 Å². The lowest BCUT2D eigenvalue weighted by Crippen LogP contribution is -2.35. The van der Waals surface area contributed by atoms with Crippen LogP contribution in [-0.4, -0.2) is 30.0 Å². The molecule has 0 aromatic heterocycles. The van der Waals surface area contributed by atoms with Gasteiger partial charge in [0.2, 0.25) is 5.91 Å². The molecule has 2 aromatic carbocycles. The molecule has 0 spiro atoms. The predicted molar refractivity (Wildman–Crippen MR) is 100 cm³/mol. The third-order valence-electron chi connectivity index (χ3n) is 3.76. The summed E-state index contributed by atoms with van der Waals surface area (Å²) >= 11 is 0. The first-order valence-electron chi connectivity index (χ1n) is 8.41. The molecule has 0 aliphatic carbocycles. The van der Waals surface area contributed by atoms with E-state index in [1.54, 1.807) is 19.1 Å². The summed E-state index contributed by atoms with van der Waals surface area (Å²) in [5, 5.41) is 2.60. The Morgan fingerprint density at radius 1 is 0.926 bits per heavy atom. The van der Waals surface area contributed by atoms with Crippen LogP contribution in [0.15, 0.2) is 48.5 Å². The van der Waals surface area contributed by atoms with E-state index in [4.69, 9.17) is 15.2 Å². The molecule has 0 saturated heterocycles. The monoisotopic (exact) mass is 370 g/mol. The molecule has 2 aromatic rings. The summed E-state index contributed by atoms with van der Waals surface area (Å²) in [4.78, 5) is 35.3. The summed E-state index contributed by atoms with van der Waals surface area (Å²) in [7, 11) is 0. The van der Waals surface area contributed by atoms with Crippen LogP contribution in [0.3, 0.4) is 0 Å². The number of carbonyl (C=O) groups is 3. The zero-order valence-electron chi connectivity index (χ0n) is 15.4. The molecule has 0 unspecified atom stereocenters. The van der Waals surface area contributed by atoms with Crippen molar-refractivity contribution in [3.8, 4) is 5.75 Å². The zero-order chi connectivity index (χ0) is 20.0. The van der Waals surface area contributed by atoms with E-state index in [1.807, 2.05) is 19.1 Å². The Bertz CT molecular complexity index is 815. The maximum Gasteiger partial charge on any atom is 0.347 e. The van der Waals surface area contributed by atoms with E-state index < -0.39 is 30.0 Å². The minimum absolute atomic E-state index is 0.328. The molecular formula is C20H22N2O5. The highest BCUT2D eigenvalue weighted by Crippen LogP contribution is 2.15. The molecule has 27 heavy (non-hydrogen) atoms. The second kappa shape index (κ2) is 8.84. The smallest absolute Gasteiger partial charge is 0.347 e. The summed E-state index contributed by atoms with van der Waals surface area (Å²) in [5.74, 6) is -1.17. The number of hydrogen-bond acceptors (Lipinski definition) is 5. The van der Waals surface area contributed by atoms with Gasteiger partial charge in [-0.2, -0.15) is 0 Å². The first-order chi connectivity index (χ1) is 12.8. The standard InChI is InChI=1S/C20H22N2O5/c1-12-4-10-17(11-5-12)26-14(3)20(25)27-13(2)19(24)22-16-8-6-15(7-9-16)18(21)23/h4-11,13-14H,1-3H3,(H2,21,23)(H,22,24)/t13-,14-/m1/s1. The summed E-state index contributed by atoms with van der Waals surface area (Å²) < 4.78 is 10.7. The van der Waals surface area contributed by atoms with Crippen LogP contribution in [0.25, 0.3) is 0 Å². The van der Waals surface area contributed by atoms with Crippen molar-refractivity contribution < 1.29 is 23.9 Å². The maximum atomic E-state index is 12.2. The fourth-order valence-corrected chi connectivity index (χ4v) is 2.15. The fraction of sp³-hybridized carbons (Fsp3) is 0.250. The number of hydrogen-bond donors (Lipinski definition) is 2. The molecule has 0 radical (unpaired) electrons. The molecule has 2 amide bonds. The first-order valence-corrected chi connectivity index (χ1v) is 8.41. The van der Waals surface area contributed by atoms with Crippen molar-refractivity contribution in [1.29, 1.82) is 0 Å². The first kappa shape index (κ1) is 20.0. The van der Waals surface area contributed by atoms with Gasteiger partial charge in [0.05, 0.1) is 0 Å². The van der Waals surface area contributed by atoms with E-state index in [2.05, 4.69) is 5.32 Å². The number of benzene rings is 2. The Kier molecular flexibility index (Phi) is 6.54. The number of anilines is 1. The number of carbonyl (C=O) groups excluding carboxylic acids is 3. The van der Waals surface area contributed by atoms with E-state index in [9.17, 15) is 14.4 Å². The van der Waals surface area contributed by atoms with Gasteiger partial charge in [0, 0.05) is 11.3 Å². The summed E-state index contributed by atoms with van der Waals surface area (Å²) in [6, 6.07) is 13.3. The number of primary amides is 1. The van der Waals surface area contributed by atoms with Crippen LogP contribution >= 0.6 is 0 Å². The molecule has 2 atom stereocenters. The molecule has 0 saturated carbocycles. The molecule has 7 heteroatoms. The van der Waals surface area contributed by atoms with E-state index in [-0.39, 0.29) is 0 Å². The molecule has 0 heterocycles. The molecule has 142 valence electrons. The average molecular weight is 370 g/mol. The number of amides is 2. The molecule has 0 aliphatic rings. The zero-order valence-corrected chi connectivity index (χ0v) is 15.4. The minimum Gasteiger partial charge on any atom is -0.479 e. The lowest BCUT2D eigenvalue weighted by molar-refractivity contribution is -0.159. The highest BCUT2D eigenvalue weighted by molar-refractivity contribution is 5.96. The Balaban J connectivity index is 1.87. The fourth-order valence-electron chi connectivity index (χ4n) is 2.15. The van der Waals surface area contributed by atoms with Gasteiger partial charge in [-0.05, 0) is 57.2 Å². The number of ether oxygens (including phenoxy) is 2. The van der Waals surface area contributed by atoms with Crippen molar-refractivity contribution in [1.82, 2.24) is 0 Å². The lowest BCUT2D eigenvalue weighted by atomic mass is 10.2. The third-order valence-corrected chi connectivity index (χ3v) is 3.76. The van der Waals surface area contributed by atoms with Crippen LogP contribution in [-0.2, 0) is 14.3 Å². The Morgan fingerprint density at radius 3 is 2.07 bits per heavy atom. The number of esters is 1. The van der Waals surface area contributed by atoms with Gasteiger partial charge in [-0.1, -0.05) is 17.7 Å². The summed E-state index contributed by atoms with van der Waals surface area (Å²) in [5.41, 5.74) is 7.02. The molecule has 0 bridgehead atoms. The number of aryl methyl sites for hydroxylation is 1. The van der Waals surface area contributed by atoms with Crippen molar-refractivity contribution in [2.45, 2.75) is 33.0 Å². The van der Waals surface area contributed by atoms with Gasteiger partial charge in [-0.15, -0.1) is 0 Å². The van der Waals surface area contributed by atoms with Gasteiger partial charge < -0.3 is 20.5 Å². The largest absolute Gasteiger partial charge is 0.479 e. The third kappa shape index (κ3) is 5.85. The van der Waals surface area contributed by atoms with E-state index in [0.29, 0.717) is 17.0 Å². The van der Waals surface area contributed by atoms with Gasteiger partial charge >= 0.3 is 5.97 Å². The van der Waals surface area contributed by atoms with Crippen LogP contribution < -0.4 is 15.8 Å². The maximum absolute atomic E-state index is 12.2. The van der Waals surface area contributed by atoms with Crippen LogP contribution in [0.4, 0.5) is 5.69 Å². The van der Waals surface area contributed by atoms with Crippen molar-refractivity contribution in [3.05, 3.63) is 59.7 Å². The van der Waals surface area contributed by atoms with Crippen LogP contribution in [0, 0.1) is 6.92 Å². The van der Waals surface area contributed by atoms with E-state index in [0.717, 1.165) is 5.56 Å². The molecular weight excluding hydrogens is 348 g/mol. The van der Waals surface area contributed by atoms with Crippen molar-refractivity contribution >= 4 is 23.5 Å². The Hall–Kier alpha value is -3.35. The summed E-state index contributed by atoms with van der Waals surface area (Å²) in [6.07, 6.45) is -1.88. The van der Waals surface area contributed by atoms with Crippen molar-refractivity contribution in [2.24, 2.45) is 5.73 Å². The number of nitrogens with one attached hydrogen (secondary N) is 1. The number of rotatable bonds is 7. The van der Waals surface area contributed by atoms with Gasteiger partial charge in [-0.3, -0.25) is 9.59 Å². The normalized spacial score (nSPS) is 12.6. The molecule has 7 nitrogen and oxygen atoms in total. The van der Waals surface area contributed by atoms with Gasteiger partial charge in [-0.25, -0.2) is 4.79 Å². The summed E-state index contributed by atoms with van der Waals surface area (Å²) in [6.45, 7) is 4.96. The van der Waals surface area contributed by atoms with E-state index >= 15 is 0 Å². The highest BCUT2D eigenvalue weighted by atomic mass is 16.6. The predicted octanol–water partition coefficient (Wildman–Crippen LogP) is 2.43. The highest BCUT2D eigenvalue weighted by Gasteiger charge is 2.23. The average Bonchev–Trinajstić information content (AvgIpc) is 2.63. The SMILES string of the molecule is Cc1ccc(O[C@H](C)C(=O)O[C@H](C)C(=O)Nc2ccc(C(N)=O)cc2)cc1. The topological polar surface area (TPSA) is 108 Å². The number of nitrogens with two attached hydrogens (primary N) is 1.